The molecule has 0 amide bonds. The van der Waals surface area contributed by atoms with Crippen LogP contribution >= 0.6 is 15.9 Å². The van der Waals surface area contributed by atoms with Gasteiger partial charge in [-0.3, -0.25) is 14.3 Å². The number of aromatic amines is 1. The van der Waals surface area contributed by atoms with E-state index in [2.05, 4.69) is 20.9 Å². The normalized spacial score (nSPS) is 32.9. The maximum atomic E-state index is 11.5. The Morgan fingerprint density at radius 1 is 1.53 bits per heavy atom. The summed E-state index contributed by atoms with van der Waals surface area (Å²) >= 11 is 3.20. The van der Waals surface area contributed by atoms with Gasteiger partial charge in [0.25, 0.3) is 5.56 Å². The van der Waals surface area contributed by atoms with E-state index in [1.54, 1.807) is 0 Å². The lowest BCUT2D eigenvalue weighted by Crippen LogP contribution is -2.35. The smallest absolute Gasteiger partial charge is 0.330 e. The van der Waals surface area contributed by atoms with E-state index in [4.69, 9.17) is 9.84 Å². The highest BCUT2D eigenvalue weighted by Gasteiger charge is 2.43. The fourth-order valence-corrected chi connectivity index (χ4v) is 2.43. The van der Waals surface area contributed by atoms with Crippen LogP contribution in [0.3, 0.4) is 0 Å². The van der Waals surface area contributed by atoms with Crippen molar-refractivity contribution < 1.29 is 14.9 Å². The minimum atomic E-state index is -0.927. The first-order valence-corrected chi connectivity index (χ1v) is 5.86. The Morgan fingerprint density at radius 2 is 2.24 bits per heavy atom. The number of ether oxygens (including phenoxy) is 1. The van der Waals surface area contributed by atoms with Crippen LogP contribution < -0.4 is 11.2 Å². The predicted molar refractivity (Wildman–Crippen MR) is 61.0 cm³/mol. The van der Waals surface area contributed by atoms with Gasteiger partial charge in [0.1, 0.15) is 6.10 Å². The lowest BCUT2D eigenvalue weighted by Gasteiger charge is -2.16. The molecule has 2 heterocycles. The van der Waals surface area contributed by atoms with Crippen molar-refractivity contribution >= 4 is 15.9 Å². The van der Waals surface area contributed by atoms with Gasteiger partial charge in [0.05, 0.1) is 17.5 Å². The van der Waals surface area contributed by atoms with Gasteiger partial charge >= 0.3 is 5.69 Å². The zero-order valence-electron chi connectivity index (χ0n) is 8.62. The molecule has 94 valence electrons. The fraction of sp³-hybridized carbons (Fsp3) is 0.556. The molecule has 1 aromatic heterocycles. The van der Waals surface area contributed by atoms with Gasteiger partial charge in [-0.15, -0.1) is 0 Å². The van der Waals surface area contributed by atoms with Crippen molar-refractivity contribution in [2.24, 2.45) is 0 Å². The first-order valence-electron chi connectivity index (χ1n) is 4.94. The molecule has 2 rings (SSSR count). The maximum Gasteiger partial charge on any atom is 0.330 e. The molecular formula is C9H11BrN2O5. The van der Waals surface area contributed by atoms with Gasteiger partial charge < -0.3 is 14.9 Å². The third kappa shape index (κ3) is 2.21. The summed E-state index contributed by atoms with van der Waals surface area (Å²) in [6, 6.07) is 1.18. The summed E-state index contributed by atoms with van der Waals surface area (Å²) in [5.41, 5.74) is -1.13. The molecule has 0 radical (unpaired) electrons. The van der Waals surface area contributed by atoms with Gasteiger partial charge in [0.2, 0.25) is 0 Å². The fourth-order valence-electron chi connectivity index (χ4n) is 1.71. The highest BCUT2D eigenvalue weighted by molar-refractivity contribution is 9.09. The van der Waals surface area contributed by atoms with Gasteiger partial charge in [0, 0.05) is 12.3 Å². The minimum absolute atomic E-state index is 0.349. The van der Waals surface area contributed by atoms with Crippen LogP contribution in [-0.2, 0) is 4.74 Å². The maximum absolute atomic E-state index is 11.5. The molecule has 7 nitrogen and oxygen atoms in total. The Bertz CT molecular complexity index is 513. The number of aliphatic hydroxyl groups excluding tert-OH is 2. The SMILES string of the molecule is O=c1ccn([C@H]2O[C@@H](CO)[C@@H](O)[C@H]2Br)c(=O)[nH]1. The van der Waals surface area contributed by atoms with Gasteiger partial charge in [0.15, 0.2) is 6.23 Å². The third-order valence-electron chi connectivity index (χ3n) is 2.60. The number of aromatic nitrogens is 2. The van der Waals surface area contributed by atoms with Crippen molar-refractivity contribution in [3.8, 4) is 0 Å². The van der Waals surface area contributed by atoms with Gasteiger partial charge in [-0.05, 0) is 0 Å². The average molecular weight is 307 g/mol. The number of halogens is 1. The van der Waals surface area contributed by atoms with Crippen LogP contribution in [0.2, 0.25) is 0 Å². The van der Waals surface area contributed by atoms with E-state index in [1.807, 2.05) is 0 Å². The van der Waals surface area contributed by atoms with E-state index in [-0.39, 0.29) is 6.61 Å². The summed E-state index contributed by atoms with van der Waals surface area (Å²) in [4.78, 5) is 24.0. The number of rotatable bonds is 2. The summed E-state index contributed by atoms with van der Waals surface area (Å²) in [7, 11) is 0. The Hall–Kier alpha value is -0.960. The average Bonchev–Trinajstić information content (AvgIpc) is 2.57. The van der Waals surface area contributed by atoms with E-state index in [9.17, 15) is 14.7 Å². The van der Waals surface area contributed by atoms with E-state index in [0.29, 0.717) is 0 Å². The summed E-state index contributed by atoms with van der Waals surface area (Å²) in [6.45, 7) is -0.349. The molecule has 0 saturated carbocycles. The minimum Gasteiger partial charge on any atom is -0.394 e. The second kappa shape index (κ2) is 4.73. The van der Waals surface area contributed by atoms with Crippen LogP contribution in [0.25, 0.3) is 0 Å². The van der Waals surface area contributed by atoms with Crippen LogP contribution in [-0.4, -0.2) is 43.4 Å². The molecule has 0 bridgehead atoms. The largest absolute Gasteiger partial charge is 0.394 e. The molecule has 1 saturated heterocycles. The van der Waals surface area contributed by atoms with Crippen LogP contribution in [0.1, 0.15) is 6.23 Å². The summed E-state index contributed by atoms with van der Waals surface area (Å²) < 4.78 is 6.49. The molecule has 17 heavy (non-hydrogen) atoms. The van der Waals surface area contributed by atoms with Gasteiger partial charge in [-0.25, -0.2) is 4.79 Å². The van der Waals surface area contributed by atoms with Crippen molar-refractivity contribution in [3.63, 3.8) is 0 Å². The number of H-pyrrole nitrogens is 1. The van der Waals surface area contributed by atoms with Gasteiger partial charge in [-0.2, -0.15) is 0 Å². The molecule has 3 N–H and O–H groups in total. The van der Waals surface area contributed by atoms with Crippen molar-refractivity contribution in [1.82, 2.24) is 9.55 Å². The molecule has 1 aromatic rings. The lowest BCUT2D eigenvalue weighted by molar-refractivity contribution is -0.0456. The number of hydrogen-bond acceptors (Lipinski definition) is 5. The van der Waals surface area contributed by atoms with E-state index < -0.39 is 34.5 Å². The molecule has 1 aliphatic heterocycles. The highest BCUT2D eigenvalue weighted by atomic mass is 79.9. The quantitative estimate of drug-likeness (QED) is 0.580. The molecule has 1 fully saturated rings. The van der Waals surface area contributed by atoms with Crippen LogP contribution in [0.15, 0.2) is 21.9 Å². The molecule has 0 aliphatic carbocycles. The number of nitrogens with zero attached hydrogens (tertiary/aromatic N) is 1. The molecule has 1 aliphatic rings. The lowest BCUT2D eigenvalue weighted by atomic mass is 10.2. The summed E-state index contributed by atoms with van der Waals surface area (Å²) in [6.07, 6.45) is -1.18. The molecule has 0 spiro atoms. The Morgan fingerprint density at radius 3 is 2.76 bits per heavy atom. The topological polar surface area (TPSA) is 105 Å². The molecule has 8 heteroatoms. The Labute approximate surface area is 104 Å². The number of aliphatic hydroxyl groups is 2. The van der Waals surface area contributed by atoms with Crippen molar-refractivity contribution in [2.75, 3.05) is 6.61 Å². The van der Waals surface area contributed by atoms with Crippen molar-refractivity contribution in [1.29, 1.82) is 0 Å². The molecule has 4 atom stereocenters. The number of nitrogens with one attached hydrogen (secondary N) is 1. The van der Waals surface area contributed by atoms with E-state index >= 15 is 0 Å². The molecule has 0 unspecified atom stereocenters. The third-order valence-corrected chi connectivity index (χ3v) is 3.59. The second-order valence-corrected chi connectivity index (χ2v) is 4.76. The zero-order valence-corrected chi connectivity index (χ0v) is 10.2. The number of alkyl halides is 1. The molecular weight excluding hydrogens is 296 g/mol. The summed E-state index contributed by atoms with van der Waals surface area (Å²) in [5, 5.41) is 18.7. The van der Waals surface area contributed by atoms with Crippen LogP contribution in [0.4, 0.5) is 0 Å². The van der Waals surface area contributed by atoms with Crippen molar-refractivity contribution in [2.45, 2.75) is 23.3 Å². The number of hydrogen-bond donors (Lipinski definition) is 3. The summed E-state index contributed by atoms with van der Waals surface area (Å²) in [5.74, 6) is 0. The second-order valence-electron chi connectivity index (χ2n) is 3.70. The first-order chi connectivity index (χ1) is 8.04. The van der Waals surface area contributed by atoms with E-state index in [0.717, 1.165) is 4.57 Å². The molecule has 0 aromatic carbocycles. The van der Waals surface area contributed by atoms with Gasteiger partial charge in [-0.1, -0.05) is 15.9 Å². The Kier molecular flexibility index (Phi) is 3.48. The zero-order chi connectivity index (χ0) is 12.6. The predicted octanol–water partition coefficient (Wildman–Crippen LogP) is -1.45. The highest BCUT2D eigenvalue weighted by Crippen LogP contribution is 2.33. The van der Waals surface area contributed by atoms with Crippen molar-refractivity contribution in [3.05, 3.63) is 33.1 Å². The first kappa shape index (κ1) is 12.5. The standard InChI is InChI=1S/C9H11BrN2O5/c10-6-7(15)4(3-13)17-8(6)12-2-1-5(14)11-9(12)16/h1-2,4,6-8,13,15H,3H2,(H,11,14,16)/t4-,6+,7+,8-/m0/s1. The van der Waals surface area contributed by atoms with Crippen LogP contribution in [0, 0.1) is 0 Å². The van der Waals surface area contributed by atoms with E-state index in [1.165, 1.54) is 12.3 Å². The Balaban J connectivity index is 2.35. The van der Waals surface area contributed by atoms with Crippen LogP contribution in [0.5, 0.6) is 0 Å². The monoisotopic (exact) mass is 306 g/mol.